The van der Waals surface area contributed by atoms with Gasteiger partial charge < -0.3 is 15.7 Å². The fourth-order valence-electron chi connectivity index (χ4n) is 2.99. The number of rotatable bonds is 5. The molecule has 0 saturated carbocycles. The van der Waals surface area contributed by atoms with Crippen LogP contribution < -0.4 is 10.6 Å². The molecule has 0 saturated heterocycles. The Kier molecular flexibility index (Phi) is 4.97. The van der Waals surface area contributed by atoms with Crippen LogP contribution in [0.5, 0.6) is 0 Å². The molecule has 1 aliphatic heterocycles. The topological polar surface area (TPSA) is 61.4 Å². The summed E-state index contributed by atoms with van der Waals surface area (Å²) in [4.78, 5) is 11.4. The van der Waals surface area contributed by atoms with Gasteiger partial charge in [-0.1, -0.05) is 42.0 Å². The Morgan fingerprint density at radius 3 is 2.58 bits per heavy atom. The van der Waals surface area contributed by atoms with Crippen LogP contribution in [-0.2, 0) is 11.2 Å². The number of benzene rings is 2. The van der Waals surface area contributed by atoms with Gasteiger partial charge in [0.15, 0.2) is 0 Å². The lowest BCUT2D eigenvalue weighted by atomic mass is 9.97. The summed E-state index contributed by atoms with van der Waals surface area (Å²) in [5.41, 5.74) is 5.38. The van der Waals surface area contributed by atoms with E-state index in [0.29, 0.717) is 13.0 Å². The number of carbonyl (C=O) groups excluding carboxylic acids is 1. The van der Waals surface area contributed by atoms with E-state index in [9.17, 15) is 9.90 Å². The van der Waals surface area contributed by atoms with E-state index in [1.807, 2.05) is 43.3 Å². The summed E-state index contributed by atoms with van der Waals surface area (Å²) >= 11 is 0. The Balaban J connectivity index is 1.61. The van der Waals surface area contributed by atoms with E-state index in [4.69, 9.17) is 0 Å². The van der Waals surface area contributed by atoms with Crippen LogP contribution in [0.25, 0.3) is 0 Å². The average molecular weight is 324 g/mol. The first-order valence-corrected chi connectivity index (χ1v) is 8.43. The first-order valence-electron chi connectivity index (χ1n) is 8.43. The Morgan fingerprint density at radius 2 is 1.83 bits per heavy atom. The second kappa shape index (κ2) is 7.16. The van der Waals surface area contributed by atoms with Crippen LogP contribution in [0.4, 0.5) is 5.69 Å². The van der Waals surface area contributed by atoms with E-state index in [-0.39, 0.29) is 11.9 Å². The lowest BCUT2D eigenvalue weighted by molar-refractivity contribution is -0.116. The summed E-state index contributed by atoms with van der Waals surface area (Å²) < 4.78 is 0. The third-order valence-electron chi connectivity index (χ3n) is 4.60. The molecule has 1 amide bonds. The van der Waals surface area contributed by atoms with Gasteiger partial charge in [-0.2, -0.15) is 0 Å². The molecule has 0 radical (unpaired) electrons. The highest BCUT2D eigenvalue weighted by atomic mass is 16.3. The van der Waals surface area contributed by atoms with Crippen molar-refractivity contribution in [1.29, 1.82) is 0 Å². The summed E-state index contributed by atoms with van der Waals surface area (Å²) in [6.07, 6.45) is 0.808. The third kappa shape index (κ3) is 3.83. The van der Waals surface area contributed by atoms with Gasteiger partial charge in [-0.05, 0) is 43.0 Å². The number of nitrogens with one attached hydrogen (secondary N) is 2. The van der Waals surface area contributed by atoms with Gasteiger partial charge in [-0.25, -0.2) is 0 Å². The minimum absolute atomic E-state index is 0.0858. The molecule has 0 aromatic heterocycles. The summed E-state index contributed by atoms with van der Waals surface area (Å²) in [5.74, 6) is 0.0858. The molecular formula is C20H24N2O2. The molecule has 24 heavy (non-hydrogen) atoms. The van der Waals surface area contributed by atoms with E-state index in [0.717, 1.165) is 17.7 Å². The molecular weight excluding hydrogens is 300 g/mol. The number of amides is 1. The Hall–Kier alpha value is -2.17. The number of aliphatic hydroxyl groups excluding tert-OH is 1. The zero-order valence-corrected chi connectivity index (χ0v) is 14.2. The van der Waals surface area contributed by atoms with E-state index in [1.54, 1.807) is 0 Å². The van der Waals surface area contributed by atoms with Crippen molar-refractivity contribution in [3.05, 3.63) is 64.7 Å². The first kappa shape index (κ1) is 16.7. The van der Waals surface area contributed by atoms with E-state index < -0.39 is 6.10 Å². The minimum Gasteiger partial charge on any atom is -0.387 e. The first-order chi connectivity index (χ1) is 11.5. The van der Waals surface area contributed by atoms with Crippen molar-refractivity contribution in [3.8, 4) is 0 Å². The molecule has 126 valence electrons. The molecule has 1 aliphatic rings. The minimum atomic E-state index is -0.523. The zero-order valence-electron chi connectivity index (χ0n) is 14.2. The van der Waals surface area contributed by atoms with Crippen molar-refractivity contribution in [3.63, 3.8) is 0 Å². The van der Waals surface area contributed by atoms with Crippen LogP contribution in [0.2, 0.25) is 0 Å². The number of hydrogen-bond acceptors (Lipinski definition) is 3. The molecule has 2 atom stereocenters. The molecule has 0 aliphatic carbocycles. The molecule has 2 unspecified atom stereocenters. The number of hydrogen-bond donors (Lipinski definition) is 3. The maximum atomic E-state index is 11.4. The normalized spacial score (nSPS) is 16.2. The number of fused-ring (bicyclic) bond motifs is 1. The predicted molar refractivity (Wildman–Crippen MR) is 95.9 cm³/mol. The molecule has 0 bridgehead atoms. The molecule has 2 aromatic carbocycles. The van der Waals surface area contributed by atoms with Crippen molar-refractivity contribution in [2.75, 3.05) is 11.9 Å². The Bertz CT molecular complexity index is 725. The van der Waals surface area contributed by atoms with Gasteiger partial charge in [0.2, 0.25) is 5.91 Å². The lowest BCUT2D eigenvalue weighted by Gasteiger charge is -2.21. The summed E-state index contributed by atoms with van der Waals surface area (Å²) in [5, 5.41) is 16.6. The van der Waals surface area contributed by atoms with Gasteiger partial charge in [0.05, 0.1) is 6.10 Å². The average Bonchev–Trinajstić information content (AvgIpc) is 2.59. The summed E-state index contributed by atoms with van der Waals surface area (Å²) in [7, 11) is 0. The van der Waals surface area contributed by atoms with Crippen LogP contribution in [-0.4, -0.2) is 17.6 Å². The monoisotopic (exact) mass is 324 g/mol. The van der Waals surface area contributed by atoms with E-state index in [2.05, 4.69) is 23.6 Å². The standard InChI is InChI=1S/C20H24N2O2/c1-13-3-5-15(6-4-13)19(23)12-21-14(2)16-7-9-18-17(11-16)8-10-20(24)22-18/h3-7,9,11,14,19,21,23H,8,10,12H2,1-2H3,(H,22,24). The maximum absolute atomic E-state index is 11.4. The van der Waals surface area contributed by atoms with E-state index >= 15 is 0 Å². The molecule has 3 rings (SSSR count). The third-order valence-corrected chi connectivity index (χ3v) is 4.60. The van der Waals surface area contributed by atoms with Gasteiger partial charge in [-0.3, -0.25) is 4.79 Å². The number of aryl methyl sites for hydroxylation is 2. The summed E-state index contributed by atoms with van der Waals surface area (Å²) in [6, 6.07) is 14.2. The van der Waals surface area contributed by atoms with Crippen LogP contribution >= 0.6 is 0 Å². The molecule has 0 fully saturated rings. The molecule has 4 nitrogen and oxygen atoms in total. The highest BCUT2D eigenvalue weighted by Gasteiger charge is 2.17. The number of anilines is 1. The second-order valence-electron chi connectivity index (χ2n) is 6.52. The van der Waals surface area contributed by atoms with Gasteiger partial charge in [-0.15, -0.1) is 0 Å². The van der Waals surface area contributed by atoms with Crippen molar-refractivity contribution in [2.45, 2.75) is 38.8 Å². The van der Waals surface area contributed by atoms with Crippen LogP contribution in [0.1, 0.15) is 47.7 Å². The highest BCUT2D eigenvalue weighted by molar-refractivity contribution is 5.93. The van der Waals surface area contributed by atoms with Gasteiger partial charge in [0, 0.05) is 24.7 Å². The van der Waals surface area contributed by atoms with Gasteiger partial charge >= 0.3 is 0 Å². The molecule has 4 heteroatoms. The van der Waals surface area contributed by atoms with Crippen molar-refractivity contribution in [2.24, 2.45) is 0 Å². The van der Waals surface area contributed by atoms with Crippen LogP contribution in [0.15, 0.2) is 42.5 Å². The smallest absolute Gasteiger partial charge is 0.224 e. The SMILES string of the molecule is Cc1ccc(C(O)CNC(C)c2ccc3c(c2)CCC(=O)N3)cc1. The van der Waals surface area contributed by atoms with Crippen molar-refractivity contribution < 1.29 is 9.90 Å². The summed E-state index contributed by atoms with van der Waals surface area (Å²) in [6.45, 7) is 4.62. The lowest BCUT2D eigenvalue weighted by Crippen LogP contribution is -2.25. The van der Waals surface area contributed by atoms with Crippen molar-refractivity contribution >= 4 is 11.6 Å². The van der Waals surface area contributed by atoms with Gasteiger partial charge in [0.25, 0.3) is 0 Å². The maximum Gasteiger partial charge on any atom is 0.224 e. The van der Waals surface area contributed by atoms with Crippen LogP contribution in [0, 0.1) is 6.92 Å². The quantitative estimate of drug-likeness (QED) is 0.791. The second-order valence-corrected chi connectivity index (χ2v) is 6.52. The highest BCUT2D eigenvalue weighted by Crippen LogP contribution is 2.26. The van der Waals surface area contributed by atoms with Crippen LogP contribution in [0.3, 0.4) is 0 Å². The fourth-order valence-corrected chi connectivity index (χ4v) is 2.99. The fraction of sp³-hybridized carbons (Fsp3) is 0.350. The zero-order chi connectivity index (χ0) is 17.1. The predicted octanol–water partition coefficient (Wildman–Crippen LogP) is 3.26. The number of carbonyl (C=O) groups is 1. The largest absolute Gasteiger partial charge is 0.387 e. The molecule has 2 aromatic rings. The number of aliphatic hydroxyl groups is 1. The van der Waals surface area contributed by atoms with E-state index in [1.165, 1.54) is 16.7 Å². The Morgan fingerprint density at radius 1 is 1.12 bits per heavy atom. The van der Waals surface area contributed by atoms with Crippen molar-refractivity contribution in [1.82, 2.24) is 5.32 Å². The molecule has 0 spiro atoms. The molecule has 3 N–H and O–H groups in total. The molecule has 1 heterocycles. The Labute approximate surface area is 142 Å². The van der Waals surface area contributed by atoms with Gasteiger partial charge in [0.1, 0.15) is 0 Å².